The molecule has 0 radical (unpaired) electrons. The third-order valence-electron chi connectivity index (χ3n) is 6.16. The molecule has 0 unspecified atom stereocenters. The lowest BCUT2D eigenvalue weighted by molar-refractivity contribution is -0.137. The molecule has 1 aliphatic heterocycles. The number of amides is 2. The smallest absolute Gasteiger partial charge is 0.258 e. The topological polar surface area (TPSA) is 71.5 Å². The fourth-order valence-corrected chi connectivity index (χ4v) is 4.71. The minimum Gasteiger partial charge on any atom is -0.481 e. The molecule has 2 aliphatic rings. The van der Waals surface area contributed by atoms with Gasteiger partial charge in [-0.05, 0) is 49.9 Å². The Morgan fingerprint density at radius 2 is 1.87 bits per heavy atom. The molecule has 1 aromatic carbocycles. The van der Waals surface area contributed by atoms with Gasteiger partial charge in [-0.15, -0.1) is 0 Å². The van der Waals surface area contributed by atoms with Crippen molar-refractivity contribution in [2.24, 2.45) is 5.92 Å². The number of ether oxygens (including phenoxy) is 1. The van der Waals surface area contributed by atoms with Crippen LogP contribution in [0.4, 0.5) is 0 Å². The van der Waals surface area contributed by atoms with Crippen LogP contribution < -0.4 is 10.1 Å². The van der Waals surface area contributed by atoms with Gasteiger partial charge in [-0.25, -0.2) is 0 Å². The van der Waals surface area contributed by atoms with Gasteiger partial charge in [0.1, 0.15) is 11.3 Å². The van der Waals surface area contributed by atoms with Crippen molar-refractivity contribution < 1.29 is 14.3 Å². The maximum atomic E-state index is 12.7. The molecule has 1 aliphatic carbocycles. The Hall–Kier alpha value is -2.34. The van der Waals surface area contributed by atoms with Gasteiger partial charge in [0.25, 0.3) is 5.91 Å². The van der Waals surface area contributed by atoms with Gasteiger partial charge < -0.3 is 15.0 Å². The molecule has 4 rings (SSSR count). The van der Waals surface area contributed by atoms with Gasteiger partial charge >= 0.3 is 0 Å². The fourth-order valence-electron chi connectivity index (χ4n) is 4.49. The number of carbonyl (C=O) groups excluding carboxylic acids is 2. The first-order valence-electron chi connectivity index (χ1n) is 10.9. The van der Waals surface area contributed by atoms with E-state index in [1.807, 2.05) is 17.0 Å². The first kappa shape index (κ1) is 20.9. The number of likely N-dealkylation sites (tertiary alicyclic amines) is 1. The van der Waals surface area contributed by atoms with E-state index in [0.29, 0.717) is 35.3 Å². The lowest BCUT2D eigenvalue weighted by atomic mass is 9.87. The highest BCUT2D eigenvalue weighted by molar-refractivity contribution is 6.35. The average molecular weight is 430 g/mol. The summed E-state index contributed by atoms with van der Waals surface area (Å²) < 4.78 is 5.72. The molecule has 2 fully saturated rings. The summed E-state index contributed by atoms with van der Waals surface area (Å²) in [6.07, 6.45) is 8.89. The second kappa shape index (κ2) is 9.65. The van der Waals surface area contributed by atoms with E-state index in [1.165, 1.54) is 19.3 Å². The van der Waals surface area contributed by atoms with Gasteiger partial charge in [0, 0.05) is 36.6 Å². The van der Waals surface area contributed by atoms with Crippen molar-refractivity contribution in [2.75, 3.05) is 19.7 Å². The Morgan fingerprint density at radius 1 is 1.10 bits per heavy atom. The van der Waals surface area contributed by atoms with Crippen molar-refractivity contribution in [1.82, 2.24) is 15.2 Å². The predicted molar refractivity (Wildman–Crippen MR) is 117 cm³/mol. The van der Waals surface area contributed by atoms with E-state index in [9.17, 15) is 9.59 Å². The van der Waals surface area contributed by atoms with Crippen LogP contribution in [-0.2, 0) is 9.59 Å². The zero-order chi connectivity index (χ0) is 20.9. The minimum absolute atomic E-state index is 0.0749. The van der Waals surface area contributed by atoms with Gasteiger partial charge in [0.05, 0.1) is 5.02 Å². The Balaban J connectivity index is 1.25. The summed E-state index contributed by atoms with van der Waals surface area (Å²) in [5.74, 6) is 0.898. The SMILES string of the molecule is O=C(COc1ccc(Cl)c2cccnc12)NC1CCN(C(=O)C2CCCCC2)CC1. The number of carbonyl (C=O) groups is 2. The number of nitrogens with zero attached hydrogens (tertiary/aromatic N) is 2. The van der Waals surface area contributed by atoms with Gasteiger partial charge in [0.2, 0.25) is 5.91 Å². The second-order valence-electron chi connectivity index (χ2n) is 8.24. The summed E-state index contributed by atoms with van der Waals surface area (Å²) in [6, 6.07) is 7.26. The molecule has 2 aromatic rings. The normalized spacial score (nSPS) is 18.4. The van der Waals surface area contributed by atoms with E-state index in [2.05, 4.69) is 10.3 Å². The molecular formula is C23H28ClN3O3. The zero-order valence-electron chi connectivity index (χ0n) is 17.1. The van der Waals surface area contributed by atoms with E-state index in [0.717, 1.165) is 31.1 Å². The molecule has 1 aromatic heterocycles. The Bertz CT molecular complexity index is 906. The largest absolute Gasteiger partial charge is 0.481 e. The number of fused-ring (bicyclic) bond motifs is 1. The molecule has 30 heavy (non-hydrogen) atoms. The van der Waals surface area contributed by atoms with E-state index in [4.69, 9.17) is 16.3 Å². The molecule has 7 heteroatoms. The summed E-state index contributed by atoms with van der Waals surface area (Å²) in [6.45, 7) is 1.36. The zero-order valence-corrected chi connectivity index (χ0v) is 17.9. The summed E-state index contributed by atoms with van der Waals surface area (Å²) in [5.41, 5.74) is 0.646. The fraction of sp³-hybridized carbons (Fsp3) is 0.522. The van der Waals surface area contributed by atoms with Crippen molar-refractivity contribution in [3.8, 4) is 5.75 Å². The molecule has 0 bridgehead atoms. The summed E-state index contributed by atoms with van der Waals surface area (Å²) in [4.78, 5) is 31.4. The molecule has 1 saturated carbocycles. The predicted octanol–water partition coefficient (Wildman–Crippen LogP) is 3.95. The number of hydrogen-bond donors (Lipinski definition) is 1. The molecule has 6 nitrogen and oxygen atoms in total. The molecule has 2 heterocycles. The van der Waals surface area contributed by atoms with Crippen molar-refractivity contribution in [2.45, 2.75) is 51.0 Å². The number of hydrogen-bond acceptors (Lipinski definition) is 4. The van der Waals surface area contributed by atoms with E-state index >= 15 is 0 Å². The van der Waals surface area contributed by atoms with Gasteiger partial charge in [-0.1, -0.05) is 30.9 Å². The number of piperidine rings is 1. The standard InChI is InChI=1S/C23H28ClN3O3/c24-19-8-9-20(22-18(19)7-4-12-25-22)30-15-21(28)26-17-10-13-27(14-11-17)23(29)16-5-2-1-3-6-16/h4,7-9,12,16-17H,1-3,5-6,10-11,13-15H2,(H,26,28). The lowest BCUT2D eigenvalue weighted by Crippen LogP contribution is -2.49. The monoisotopic (exact) mass is 429 g/mol. The molecule has 1 saturated heterocycles. The highest BCUT2D eigenvalue weighted by Gasteiger charge is 2.29. The maximum Gasteiger partial charge on any atom is 0.258 e. The summed E-state index contributed by atoms with van der Waals surface area (Å²) in [7, 11) is 0. The van der Waals surface area contributed by atoms with Crippen LogP contribution in [0.5, 0.6) is 5.75 Å². The number of rotatable bonds is 5. The molecule has 160 valence electrons. The Kier molecular flexibility index (Phi) is 6.72. The number of benzene rings is 1. The first-order valence-corrected chi connectivity index (χ1v) is 11.2. The summed E-state index contributed by atoms with van der Waals surface area (Å²) >= 11 is 6.20. The van der Waals surface area contributed by atoms with Crippen LogP contribution in [-0.4, -0.2) is 47.4 Å². The molecular weight excluding hydrogens is 402 g/mol. The third-order valence-corrected chi connectivity index (χ3v) is 6.49. The quantitative estimate of drug-likeness (QED) is 0.781. The average Bonchev–Trinajstić information content (AvgIpc) is 2.79. The van der Waals surface area contributed by atoms with Crippen LogP contribution in [0.25, 0.3) is 10.9 Å². The third kappa shape index (κ3) is 4.86. The van der Waals surface area contributed by atoms with Gasteiger partial charge in [0.15, 0.2) is 6.61 Å². The highest BCUT2D eigenvalue weighted by Crippen LogP contribution is 2.29. The van der Waals surface area contributed by atoms with E-state index < -0.39 is 0 Å². The van der Waals surface area contributed by atoms with Crippen molar-refractivity contribution >= 4 is 34.3 Å². The molecule has 1 N–H and O–H groups in total. The van der Waals surface area contributed by atoms with Gasteiger partial charge in [-0.3, -0.25) is 14.6 Å². The van der Waals surface area contributed by atoms with E-state index in [-0.39, 0.29) is 24.5 Å². The van der Waals surface area contributed by atoms with Crippen LogP contribution in [0.1, 0.15) is 44.9 Å². The van der Waals surface area contributed by atoms with E-state index in [1.54, 1.807) is 18.3 Å². The van der Waals surface area contributed by atoms with Crippen molar-refractivity contribution in [3.05, 3.63) is 35.5 Å². The van der Waals surface area contributed by atoms with Crippen LogP contribution >= 0.6 is 11.6 Å². The second-order valence-corrected chi connectivity index (χ2v) is 8.64. The van der Waals surface area contributed by atoms with Gasteiger partial charge in [-0.2, -0.15) is 0 Å². The molecule has 2 amide bonds. The first-order chi connectivity index (χ1) is 14.6. The van der Waals surface area contributed by atoms with Crippen LogP contribution in [0.2, 0.25) is 5.02 Å². The molecule has 0 atom stereocenters. The lowest BCUT2D eigenvalue weighted by Gasteiger charge is -2.35. The van der Waals surface area contributed by atoms with Crippen LogP contribution in [0, 0.1) is 5.92 Å². The van der Waals surface area contributed by atoms with Crippen LogP contribution in [0.3, 0.4) is 0 Å². The minimum atomic E-state index is -0.161. The molecule has 0 spiro atoms. The maximum absolute atomic E-state index is 12.7. The number of pyridine rings is 1. The van der Waals surface area contributed by atoms with Crippen molar-refractivity contribution in [3.63, 3.8) is 0 Å². The number of aromatic nitrogens is 1. The summed E-state index contributed by atoms with van der Waals surface area (Å²) in [5, 5.41) is 4.44. The van der Waals surface area contributed by atoms with Crippen LogP contribution in [0.15, 0.2) is 30.5 Å². The number of halogens is 1. The Morgan fingerprint density at radius 3 is 2.63 bits per heavy atom. The highest BCUT2D eigenvalue weighted by atomic mass is 35.5. The van der Waals surface area contributed by atoms with Crippen molar-refractivity contribution in [1.29, 1.82) is 0 Å². The Labute approximate surface area is 181 Å². The number of nitrogens with one attached hydrogen (secondary N) is 1.